The van der Waals surface area contributed by atoms with Gasteiger partial charge in [0.15, 0.2) is 6.39 Å². The number of benzene rings is 1. The Morgan fingerprint density at radius 2 is 2.08 bits per heavy atom. The molecule has 1 unspecified atom stereocenters. The Hall–Kier alpha value is -2.54. The normalized spacial score (nSPS) is 16.0. The summed E-state index contributed by atoms with van der Waals surface area (Å²) in [5, 5.41) is 6.02. The van der Waals surface area contributed by atoms with Crippen LogP contribution in [0.25, 0.3) is 0 Å². The number of ether oxygens (including phenoxy) is 2. The van der Waals surface area contributed by atoms with Crippen LogP contribution in [-0.4, -0.2) is 37.9 Å². The lowest BCUT2D eigenvalue weighted by Crippen LogP contribution is -2.42. The highest BCUT2D eigenvalue weighted by Crippen LogP contribution is 2.31. The minimum atomic E-state index is -0.183. The Morgan fingerprint density at radius 3 is 2.73 bits per heavy atom. The van der Waals surface area contributed by atoms with Gasteiger partial charge in [0.25, 0.3) is 0 Å². The Bertz CT molecular complexity index is 667. The first kappa shape index (κ1) is 18.3. The van der Waals surface area contributed by atoms with Gasteiger partial charge in [0.2, 0.25) is 0 Å². The summed E-state index contributed by atoms with van der Waals surface area (Å²) >= 11 is 0. The van der Waals surface area contributed by atoms with E-state index in [0.29, 0.717) is 18.9 Å². The molecule has 7 heteroatoms. The molecule has 0 radical (unpaired) electrons. The molecule has 1 aliphatic heterocycles. The van der Waals surface area contributed by atoms with Crippen LogP contribution in [0.2, 0.25) is 0 Å². The minimum Gasteiger partial charge on any atom is -0.497 e. The molecule has 3 rings (SSSR count). The molecule has 140 valence electrons. The number of carbonyl (C=O) groups excluding carboxylic acids is 1. The van der Waals surface area contributed by atoms with E-state index in [2.05, 4.69) is 15.6 Å². The van der Waals surface area contributed by atoms with E-state index in [1.807, 2.05) is 24.3 Å². The number of nitrogens with zero attached hydrogens (tertiary/aromatic N) is 1. The topological polar surface area (TPSA) is 85.6 Å². The van der Waals surface area contributed by atoms with Crippen LogP contribution in [0, 0.1) is 5.92 Å². The van der Waals surface area contributed by atoms with Gasteiger partial charge in [-0.3, -0.25) is 0 Å². The van der Waals surface area contributed by atoms with Gasteiger partial charge in [-0.05, 0) is 36.5 Å². The van der Waals surface area contributed by atoms with Crippen molar-refractivity contribution >= 4 is 6.03 Å². The highest BCUT2D eigenvalue weighted by Gasteiger charge is 2.27. The summed E-state index contributed by atoms with van der Waals surface area (Å²) in [5.41, 5.74) is 1.07. The maximum absolute atomic E-state index is 12.4. The van der Waals surface area contributed by atoms with E-state index in [1.54, 1.807) is 13.3 Å². The van der Waals surface area contributed by atoms with Crippen LogP contribution >= 0.6 is 0 Å². The van der Waals surface area contributed by atoms with E-state index in [-0.39, 0.29) is 12.1 Å². The molecule has 1 fully saturated rings. The number of hydrogen-bond donors (Lipinski definition) is 2. The number of urea groups is 1. The van der Waals surface area contributed by atoms with Crippen LogP contribution in [0.4, 0.5) is 4.79 Å². The van der Waals surface area contributed by atoms with Crippen molar-refractivity contribution in [2.75, 3.05) is 26.9 Å². The van der Waals surface area contributed by atoms with Crippen molar-refractivity contribution < 1.29 is 18.7 Å². The number of amides is 2. The molecule has 1 atom stereocenters. The predicted octanol–water partition coefficient (Wildman–Crippen LogP) is 2.69. The smallest absolute Gasteiger partial charge is 0.315 e. The maximum atomic E-state index is 12.4. The molecule has 1 saturated heterocycles. The third-order valence-electron chi connectivity index (χ3n) is 4.64. The van der Waals surface area contributed by atoms with Gasteiger partial charge in [0.05, 0.1) is 19.3 Å². The van der Waals surface area contributed by atoms with Gasteiger partial charge in [0, 0.05) is 26.2 Å². The number of oxazole rings is 1. The fourth-order valence-corrected chi connectivity index (χ4v) is 3.19. The largest absolute Gasteiger partial charge is 0.497 e. The van der Waals surface area contributed by atoms with Gasteiger partial charge >= 0.3 is 6.03 Å². The molecule has 1 aliphatic rings. The summed E-state index contributed by atoms with van der Waals surface area (Å²) in [6, 6.07) is 7.62. The van der Waals surface area contributed by atoms with Gasteiger partial charge < -0.3 is 24.5 Å². The van der Waals surface area contributed by atoms with Crippen LogP contribution < -0.4 is 15.4 Å². The van der Waals surface area contributed by atoms with Crippen LogP contribution in [0.5, 0.6) is 5.75 Å². The first-order valence-electron chi connectivity index (χ1n) is 8.89. The summed E-state index contributed by atoms with van der Waals surface area (Å²) in [6.07, 6.45) is 5.50. The van der Waals surface area contributed by atoms with E-state index < -0.39 is 0 Å². The molecule has 0 spiro atoms. The molecule has 0 bridgehead atoms. The highest BCUT2D eigenvalue weighted by molar-refractivity contribution is 5.74. The Balaban J connectivity index is 1.61. The average Bonchev–Trinajstić information content (AvgIpc) is 3.20. The molecular formula is C19H25N3O4. The number of rotatable bonds is 7. The fraction of sp³-hybridized carbons (Fsp3) is 0.474. The van der Waals surface area contributed by atoms with Crippen molar-refractivity contribution in [2.24, 2.45) is 5.92 Å². The molecule has 0 saturated carbocycles. The minimum absolute atomic E-state index is 0.0601. The Labute approximate surface area is 153 Å². The molecule has 1 aromatic heterocycles. The van der Waals surface area contributed by atoms with E-state index >= 15 is 0 Å². The van der Waals surface area contributed by atoms with Crippen molar-refractivity contribution in [3.8, 4) is 5.75 Å². The van der Waals surface area contributed by atoms with E-state index in [9.17, 15) is 4.79 Å². The van der Waals surface area contributed by atoms with Gasteiger partial charge in [-0.15, -0.1) is 0 Å². The van der Waals surface area contributed by atoms with E-state index in [1.165, 1.54) is 6.39 Å². The molecule has 2 aromatic rings. The molecule has 7 nitrogen and oxygen atoms in total. The molecule has 0 aliphatic carbocycles. The molecule has 1 aromatic carbocycles. The molecular weight excluding hydrogens is 334 g/mol. The van der Waals surface area contributed by atoms with E-state index in [0.717, 1.165) is 43.1 Å². The predicted molar refractivity (Wildman–Crippen MR) is 96.0 cm³/mol. The quantitative estimate of drug-likeness (QED) is 0.794. The first-order valence-corrected chi connectivity index (χ1v) is 8.89. The monoisotopic (exact) mass is 359 g/mol. The lowest BCUT2D eigenvalue weighted by Gasteiger charge is -2.31. The zero-order chi connectivity index (χ0) is 18.2. The summed E-state index contributed by atoms with van der Waals surface area (Å²) in [6.45, 7) is 1.95. The number of aromatic nitrogens is 1. The highest BCUT2D eigenvalue weighted by atomic mass is 16.5. The van der Waals surface area contributed by atoms with Crippen molar-refractivity contribution in [2.45, 2.75) is 25.3 Å². The van der Waals surface area contributed by atoms with Crippen molar-refractivity contribution in [1.82, 2.24) is 15.6 Å². The lowest BCUT2D eigenvalue weighted by molar-refractivity contribution is 0.0548. The van der Waals surface area contributed by atoms with E-state index in [4.69, 9.17) is 13.9 Å². The summed E-state index contributed by atoms with van der Waals surface area (Å²) in [4.78, 5) is 16.3. The summed E-state index contributed by atoms with van der Waals surface area (Å²) in [7, 11) is 1.64. The number of hydrogen-bond acceptors (Lipinski definition) is 5. The van der Waals surface area contributed by atoms with Gasteiger partial charge in [-0.25, -0.2) is 9.78 Å². The number of nitrogens with one attached hydrogen (secondary N) is 2. The lowest BCUT2D eigenvalue weighted by atomic mass is 9.87. The summed E-state index contributed by atoms with van der Waals surface area (Å²) < 4.78 is 15.9. The molecule has 2 N–H and O–H groups in total. The summed E-state index contributed by atoms with van der Waals surface area (Å²) in [5.74, 6) is 1.90. The van der Waals surface area contributed by atoms with Crippen LogP contribution in [-0.2, 0) is 11.2 Å². The third kappa shape index (κ3) is 4.98. The molecule has 26 heavy (non-hydrogen) atoms. The zero-order valence-electron chi connectivity index (χ0n) is 14.9. The average molecular weight is 359 g/mol. The van der Waals surface area contributed by atoms with Crippen LogP contribution in [0.15, 0.2) is 41.3 Å². The van der Waals surface area contributed by atoms with Gasteiger partial charge in [-0.2, -0.15) is 0 Å². The first-order chi connectivity index (χ1) is 12.8. The second-order valence-corrected chi connectivity index (χ2v) is 6.32. The second-order valence-electron chi connectivity index (χ2n) is 6.32. The molecule has 2 heterocycles. The zero-order valence-corrected chi connectivity index (χ0v) is 14.9. The van der Waals surface area contributed by atoms with Gasteiger partial charge in [-0.1, -0.05) is 12.1 Å². The fourth-order valence-electron chi connectivity index (χ4n) is 3.19. The number of methoxy groups -OCH3 is 1. The van der Waals surface area contributed by atoms with Gasteiger partial charge in [0.1, 0.15) is 11.5 Å². The second kappa shape index (κ2) is 9.24. The SMILES string of the molecule is COc1ccc(C(NC(=O)NCCc2cnco2)C2CCOCC2)cc1. The van der Waals surface area contributed by atoms with Crippen molar-refractivity contribution in [3.05, 3.63) is 48.2 Å². The molecule has 2 amide bonds. The van der Waals surface area contributed by atoms with Crippen molar-refractivity contribution in [3.63, 3.8) is 0 Å². The Morgan fingerprint density at radius 1 is 1.31 bits per heavy atom. The van der Waals surface area contributed by atoms with Crippen molar-refractivity contribution in [1.29, 1.82) is 0 Å². The maximum Gasteiger partial charge on any atom is 0.315 e. The number of carbonyl (C=O) groups is 1. The standard InChI is InChI=1S/C19H25N3O4/c1-24-16-4-2-14(3-5-16)18(15-7-10-25-11-8-15)22-19(23)21-9-6-17-12-20-13-26-17/h2-5,12-13,15,18H,6-11H2,1H3,(H2,21,22,23). The van der Waals surface area contributed by atoms with Crippen LogP contribution in [0.1, 0.15) is 30.2 Å². The van der Waals surface area contributed by atoms with Crippen LogP contribution in [0.3, 0.4) is 0 Å². The Kier molecular flexibility index (Phi) is 6.49. The third-order valence-corrected chi connectivity index (χ3v) is 4.64.